The van der Waals surface area contributed by atoms with Gasteiger partial charge in [0.2, 0.25) is 0 Å². The predicted octanol–water partition coefficient (Wildman–Crippen LogP) is 2.23. The number of nitrogens with one attached hydrogen (secondary N) is 1. The zero-order valence-electron chi connectivity index (χ0n) is 7.34. The summed E-state index contributed by atoms with van der Waals surface area (Å²) in [6.07, 6.45) is 3.46. The molecule has 1 N–H and O–H groups in total. The Hall–Kier alpha value is -0.600. The number of halogens is 1. The summed E-state index contributed by atoms with van der Waals surface area (Å²) in [5.41, 5.74) is 1.12. The Balaban J connectivity index is 2.52. The standard InChI is InChI=1S/C9H13ClN2/c1-7(2)12-5-8-3-9(10)6-11-4-8/h3-4,6-7,12H,5H2,1-2H3. The van der Waals surface area contributed by atoms with Gasteiger partial charge in [-0.3, -0.25) is 4.98 Å². The third-order valence-electron chi connectivity index (χ3n) is 1.48. The van der Waals surface area contributed by atoms with Crippen LogP contribution in [0, 0.1) is 0 Å². The van der Waals surface area contributed by atoms with E-state index >= 15 is 0 Å². The molecule has 0 saturated carbocycles. The van der Waals surface area contributed by atoms with Crippen LogP contribution in [-0.4, -0.2) is 11.0 Å². The van der Waals surface area contributed by atoms with Gasteiger partial charge in [0.1, 0.15) is 0 Å². The Morgan fingerprint density at radius 3 is 2.83 bits per heavy atom. The molecule has 0 fully saturated rings. The van der Waals surface area contributed by atoms with Gasteiger partial charge < -0.3 is 5.32 Å². The van der Waals surface area contributed by atoms with Crippen molar-refractivity contribution < 1.29 is 0 Å². The highest BCUT2D eigenvalue weighted by Gasteiger charge is 1.95. The number of nitrogens with zero attached hydrogens (tertiary/aromatic N) is 1. The van der Waals surface area contributed by atoms with Gasteiger partial charge in [0.05, 0.1) is 5.02 Å². The molecule has 0 aliphatic rings. The van der Waals surface area contributed by atoms with Gasteiger partial charge in [-0.2, -0.15) is 0 Å². The molecule has 0 aromatic carbocycles. The molecular formula is C9H13ClN2. The molecule has 66 valence electrons. The van der Waals surface area contributed by atoms with Gasteiger partial charge in [0, 0.05) is 25.0 Å². The number of hydrogen-bond acceptors (Lipinski definition) is 2. The fraction of sp³-hybridized carbons (Fsp3) is 0.444. The van der Waals surface area contributed by atoms with E-state index in [1.54, 1.807) is 6.20 Å². The third-order valence-corrected chi connectivity index (χ3v) is 1.68. The zero-order chi connectivity index (χ0) is 8.97. The minimum Gasteiger partial charge on any atom is -0.310 e. The number of pyridine rings is 1. The molecule has 12 heavy (non-hydrogen) atoms. The maximum absolute atomic E-state index is 5.77. The molecule has 1 heterocycles. The Bertz CT molecular complexity index is 248. The quantitative estimate of drug-likeness (QED) is 0.780. The molecule has 0 atom stereocenters. The lowest BCUT2D eigenvalue weighted by molar-refractivity contribution is 0.588. The van der Waals surface area contributed by atoms with E-state index in [0.29, 0.717) is 11.1 Å². The molecule has 0 saturated heterocycles. The molecule has 0 radical (unpaired) electrons. The lowest BCUT2D eigenvalue weighted by atomic mass is 10.2. The van der Waals surface area contributed by atoms with Gasteiger partial charge in [-0.25, -0.2) is 0 Å². The van der Waals surface area contributed by atoms with Crippen LogP contribution in [0.3, 0.4) is 0 Å². The Morgan fingerprint density at radius 1 is 1.50 bits per heavy atom. The summed E-state index contributed by atoms with van der Waals surface area (Å²) < 4.78 is 0. The van der Waals surface area contributed by atoms with Crippen molar-refractivity contribution in [3.8, 4) is 0 Å². The SMILES string of the molecule is CC(C)NCc1cncc(Cl)c1. The monoisotopic (exact) mass is 184 g/mol. The van der Waals surface area contributed by atoms with E-state index in [1.165, 1.54) is 0 Å². The summed E-state index contributed by atoms with van der Waals surface area (Å²) in [6, 6.07) is 2.41. The first-order chi connectivity index (χ1) is 5.68. The Morgan fingerprint density at radius 2 is 2.25 bits per heavy atom. The maximum atomic E-state index is 5.77. The van der Waals surface area contributed by atoms with Crippen LogP contribution in [0.2, 0.25) is 5.02 Å². The average molecular weight is 185 g/mol. The van der Waals surface area contributed by atoms with Gasteiger partial charge in [-0.15, -0.1) is 0 Å². The van der Waals surface area contributed by atoms with Crippen molar-refractivity contribution in [1.29, 1.82) is 0 Å². The van der Waals surface area contributed by atoms with Gasteiger partial charge in [-0.05, 0) is 11.6 Å². The van der Waals surface area contributed by atoms with Crippen LogP contribution in [0.1, 0.15) is 19.4 Å². The molecule has 0 amide bonds. The summed E-state index contributed by atoms with van der Waals surface area (Å²) in [6.45, 7) is 5.04. The molecule has 0 unspecified atom stereocenters. The fourth-order valence-electron chi connectivity index (χ4n) is 0.875. The van der Waals surface area contributed by atoms with Crippen molar-refractivity contribution in [2.75, 3.05) is 0 Å². The number of aromatic nitrogens is 1. The van der Waals surface area contributed by atoms with Crippen LogP contribution < -0.4 is 5.32 Å². The minimum atomic E-state index is 0.490. The molecular weight excluding hydrogens is 172 g/mol. The molecule has 0 aliphatic carbocycles. The molecule has 1 aromatic heterocycles. The van der Waals surface area contributed by atoms with E-state index in [1.807, 2.05) is 12.3 Å². The lowest BCUT2D eigenvalue weighted by Crippen LogP contribution is -2.21. The lowest BCUT2D eigenvalue weighted by Gasteiger charge is -2.07. The van der Waals surface area contributed by atoms with Crippen LogP contribution in [0.4, 0.5) is 0 Å². The molecule has 2 nitrogen and oxygen atoms in total. The summed E-state index contributed by atoms with van der Waals surface area (Å²) >= 11 is 5.77. The average Bonchev–Trinajstić information content (AvgIpc) is 2.01. The van der Waals surface area contributed by atoms with Crippen LogP contribution >= 0.6 is 11.6 Å². The first kappa shape index (κ1) is 9.49. The van der Waals surface area contributed by atoms with E-state index in [0.717, 1.165) is 12.1 Å². The van der Waals surface area contributed by atoms with Crippen molar-refractivity contribution in [2.45, 2.75) is 26.4 Å². The van der Waals surface area contributed by atoms with E-state index in [-0.39, 0.29) is 0 Å². The van der Waals surface area contributed by atoms with Crippen LogP contribution in [-0.2, 0) is 6.54 Å². The van der Waals surface area contributed by atoms with Crippen molar-refractivity contribution >= 4 is 11.6 Å². The maximum Gasteiger partial charge on any atom is 0.0592 e. The van der Waals surface area contributed by atoms with E-state index in [9.17, 15) is 0 Å². The summed E-state index contributed by atoms with van der Waals surface area (Å²) in [7, 11) is 0. The topological polar surface area (TPSA) is 24.9 Å². The van der Waals surface area contributed by atoms with Crippen molar-refractivity contribution in [3.63, 3.8) is 0 Å². The van der Waals surface area contributed by atoms with Gasteiger partial charge in [-0.1, -0.05) is 25.4 Å². The van der Waals surface area contributed by atoms with Crippen LogP contribution in [0.15, 0.2) is 18.5 Å². The van der Waals surface area contributed by atoms with Crippen molar-refractivity contribution in [2.24, 2.45) is 0 Å². The summed E-state index contributed by atoms with van der Waals surface area (Å²) in [5, 5.41) is 3.98. The fourth-order valence-corrected chi connectivity index (χ4v) is 1.07. The Kier molecular flexibility index (Phi) is 3.50. The summed E-state index contributed by atoms with van der Waals surface area (Å²) in [4.78, 5) is 3.99. The van der Waals surface area contributed by atoms with Gasteiger partial charge in [0.15, 0.2) is 0 Å². The van der Waals surface area contributed by atoms with Crippen LogP contribution in [0.5, 0.6) is 0 Å². The molecule has 1 rings (SSSR count). The zero-order valence-corrected chi connectivity index (χ0v) is 8.10. The Labute approximate surface area is 78.0 Å². The highest BCUT2D eigenvalue weighted by molar-refractivity contribution is 6.30. The second-order valence-corrected chi connectivity index (χ2v) is 3.48. The highest BCUT2D eigenvalue weighted by atomic mass is 35.5. The second-order valence-electron chi connectivity index (χ2n) is 3.05. The predicted molar refractivity (Wildman–Crippen MR) is 51.2 cm³/mol. The smallest absolute Gasteiger partial charge is 0.0592 e. The number of hydrogen-bond donors (Lipinski definition) is 1. The normalized spacial score (nSPS) is 10.7. The molecule has 3 heteroatoms. The second kappa shape index (κ2) is 4.43. The highest BCUT2D eigenvalue weighted by Crippen LogP contribution is 2.07. The third kappa shape index (κ3) is 3.20. The first-order valence-electron chi connectivity index (χ1n) is 4.01. The summed E-state index contributed by atoms with van der Waals surface area (Å²) in [5.74, 6) is 0. The largest absolute Gasteiger partial charge is 0.310 e. The van der Waals surface area contributed by atoms with E-state index < -0.39 is 0 Å². The molecule has 0 aliphatic heterocycles. The first-order valence-corrected chi connectivity index (χ1v) is 4.39. The minimum absolute atomic E-state index is 0.490. The molecule has 0 spiro atoms. The molecule has 0 bridgehead atoms. The van der Waals surface area contributed by atoms with E-state index in [4.69, 9.17) is 11.6 Å². The number of rotatable bonds is 3. The van der Waals surface area contributed by atoms with Gasteiger partial charge in [0.25, 0.3) is 0 Å². The van der Waals surface area contributed by atoms with Crippen molar-refractivity contribution in [1.82, 2.24) is 10.3 Å². The van der Waals surface area contributed by atoms with E-state index in [2.05, 4.69) is 24.1 Å². The van der Waals surface area contributed by atoms with Crippen LogP contribution in [0.25, 0.3) is 0 Å². The van der Waals surface area contributed by atoms with Gasteiger partial charge >= 0.3 is 0 Å². The molecule has 1 aromatic rings. The van der Waals surface area contributed by atoms with Crippen molar-refractivity contribution in [3.05, 3.63) is 29.0 Å².